The number of benzene rings is 4. The van der Waals surface area contributed by atoms with E-state index in [1.165, 1.54) is 147 Å². The van der Waals surface area contributed by atoms with E-state index in [2.05, 4.69) is 125 Å². The summed E-state index contributed by atoms with van der Waals surface area (Å²) in [5.41, 5.74) is 11.7. The zero-order valence-electron chi connectivity index (χ0n) is 30.4. The van der Waals surface area contributed by atoms with Gasteiger partial charge in [-0.15, -0.1) is 0 Å². The topological polar surface area (TPSA) is 0 Å². The minimum absolute atomic E-state index is 0.390. The predicted octanol–water partition coefficient (Wildman–Crippen LogP) is 14.2. The first-order valence-electron chi connectivity index (χ1n) is 19.4. The van der Waals surface area contributed by atoms with E-state index < -0.39 is 0 Å². The molecule has 4 aromatic carbocycles. The van der Waals surface area contributed by atoms with Gasteiger partial charge in [0, 0.05) is 11.8 Å². The van der Waals surface area contributed by atoms with Crippen LogP contribution in [0.5, 0.6) is 0 Å². The van der Waals surface area contributed by atoms with E-state index in [4.69, 9.17) is 0 Å². The van der Waals surface area contributed by atoms with Gasteiger partial charge in [0.05, 0.1) is 0 Å². The van der Waals surface area contributed by atoms with E-state index in [0.717, 1.165) is 6.42 Å². The van der Waals surface area contributed by atoms with Crippen molar-refractivity contribution < 1.29 is 0 Å². The second-order valence-corrected chi connectivity index (χ2v) is 14.3. The van der Waals surface area contributed by atoms with Crippen molar-refractivity contribution in [2.45, 2.75) is 149 Å². The lowest BCUT2D eigenvalue weighted by molar-refractivity contribution is 0.589. The zero-order valence-corrected chi connectivity index (χ0v) is 30.4. The summed E-state index contributed by atoms with van der Waals surface area (Å²) >= 11 is 0. The summed E-state index contributed by atoms with van der Waals surface area (Å²) in [6.45, 7) is 9.37. The van der Waals surface area contributed by atoms with Crippen LogP contribution in [0.25, 0.3) is 0 Å². The third-order valence-electron chi connectivity index (χ3n) is 10.3. The highest BCUT2D eigenvalue weighted by atomic mass is 14.2. The first kappa shape index (κ1) is 36.7. The number of rotatable bonds is 22. The second-order valence-electron chi connectivity index (χ2n) is 14.3. The molecule has 4 aromatic rings. The van der Waals surface area contributed by atoms with Crippen LogP contribution in [0.2, 0.25) is 0 Å². The molecule has 252 valence electrons. The monoisotopic (exact) mass is 629 g/mol. The Hall–Kier alpha value is -3.12. The van der Waals surface area contributed by atoms with Gasteiger partial charge < -0.3 is 0 Å². The van der Waals surface area contributed by atoms with Gasteiger partial charge >= 0.3 is 0 Å². The van der Waals surface area contributed by atoms with Crippen LogP contribution in [-0.4, -0.2) is 0 Å². The van der Waals surface area contributed by atoms with Gasteiger partial charge in [-0.25, -0.2) is 0 Å². The molecule has 4 rings (SSSR count). The Morgan fingerprint density at radius 2 is 0.702 bits per heavy atom. The van der Waals surface area contributed by atoms with Crippen molar-refractivity contribution in [2.75, 3.05) is 0 Å². The van der Waals surface area contributed by atoms with Crippen molar-refractivity contribution in [3.63, 3.8) is 0 Å². The first-order chi connectivity index (χ1) is 23.1. The minimum atomic E-state index is 0.390. The molecule has 0 nitrogen and oxygen atoms in total. The largest absolute Gasteiger partial charge is 0.0654 e. The van der Waals surface area contributed by atoms with Crippen molar-refractivity contribution in [1.29, 1.82) is 0 Å². The quantitative estimate of drug-likeness (QED) is 0.0760. The van der Waals surface area contributed by atoms with Gasteiger partial charge in [-0.1, -0.05) is 202 Å². The van der Waals surface area contributed by atoms with Crippen molar-refractivity contribution in [2.24, 2.45) is 0 Å². The molecule has 0 saturated heterocycles. The number of hydrogen-bond acceptors (Lipinski definition) is 0. The van der Waals surface area contributed by atoms with Crippen LogP contribution in [-0.2, 0) is 19.3 Å². The predicted molar refractivity (Wildman–Crippen MR) is 207 cm³/mol. The molecule has 0 aliphatic heterocycles. The van der Waals surface area contributed by atoms with Crippen LogP contribution in [0.1, 0.15) is 174 Å². The van der Waals surface area contributed by atoms with E-state index in [0.29, 0.717) is 11.8 Å². The number of aryl methyl sites for hydroxylation is 2. The van der Waals surface area contributed by atoms with Crippen molar-refractivity contribution in [1.82, 2.24) is 0 Å². The molecule has 0 N–H and O–H groups in total. The summed E-state index contributed by atoms with van der Waals surface area (Å²) in [6.07, 6.45) is 22.4. The highest BCUT2D eigenvalue weighted by molar-refractivity contribution is 5.43. The molecule has 0 heterocycles. The second kappa shape index (κ2) is 21.0. The minimum Gasteiger partial charge on any atom is -0.0654 e. The highest BCUT2D eigenvalue weighted by Crippen LogP contribution is 2.30. The molecule has 0 bridgehead atoms. The molecule has 0 aromatic heterocycles. The Balaban J connectivity index is 1.56. The van der Waals surface area contributed by atoms with E-state index in [1.54, 1.807) is 0 Å². The van der Waals surface area contributed by atoms with Crippen molar-refractivity contribution in [3.05, 3.63) is 142 Å². The standard InChI is InChI=1S/C47H64/c1-5-7-9-11-13-15-19-25-40-31-42(36-46(34-40)38(3)44-27-21-17-22-28-44)33-43-32-41(26-20-16-14-12-10-8-6-2)35-47(37-43)39(4)45-29-23-18-24-30-45/h17-18,21-24,27-32,34-39H,5-16,19-20,25-26,33H2,1-4H3. The van der Waals surface area contributed by atoms with E-state index in [9.17, 15) is 0 Å². The maximum absolute atomic E-state index is 2.53. The number of unbranched alkanes of at least 4 members (excludes halogenated alkanes) is 12. The molecule has 0 amide bonds. The Morgan fingerprint density at radius 1 is 0.362 bits per heavy atom. The van der Waals surface area contributed by atoms with Gasteiger partial charge in [0.1, 0.15) is 0 Å². The molecule has 0 aliphatic rings. The van der Waals surface area contributed by atoms with Gasteiger partial charge in [0.2, 0.25) is 0 Å². The van der Waals surface area contributed by atoms with Crippen LogP contribution >= 0.6 is 0 Å². The third kappa shape index (κ3) is 12.8. The molecule has 47 heavy (non-hydrogen) atoms. The van der Waals surface area contributed by atoms with E-state index in [-0.39, 0.29) is 0 Å². The lowest BCUT2D eigenvalue weighted by Crippen LogP contribution is -2.03. The Bertz CT molecular complexity index is 1290. The molecule has 0 saturated carbocycles. The molecule has 0 spiro atoms. The van der Waals surface area contributed by atoms with Gasteiger partial charge in [-0.2, -0.15) is 0 Å². The van der Waals surface area contributed by atoms with Gasteiger partial charge in [-0.3, -0.25) is 0 Å². The Kier molecular flexibility index (Phi) is 16.4. The van der Waals surface area contributed by atoms with Crippen LogP contribution in [0.15, 0.2) is 97.1 Å². The summed E-state index contributed by atoms with van der Waals surface area (Å²) in [6, 6.07) is 37.2. The van der Waals surface area contributed by atoms with Crippen LogP contribution < -0.4 is 0 Å². The fourth-order valence-corrected chi connectivity index (χ4v) is 7.25. The maximum Gasteiger partial charge on any atom is 0.00612 e. The molecule has 0 heteroatoms. The van der Waals surface area contributed by atoms with Crippen molar-refractivity contribution in [3.8, 4) is 0 Å². The SMILES string of the molecule is CCCCCCCCCc1cc(Cc2cc(CCCCCCCCC)cc(C(C)c3ccccc3)c2)cc(C(C)c2ccccc2)c1. The van der Waals surface area contributed by atoms with Gasteiger partial charge in [0.25, 0.3) is 0 Å². The summed E-state index contributed by atoms with van der Waals surface area (Å²) in [7, 11) is 0. The van der Waals surface area contributed by atoms with Gasteiger partial charge in [-0.05, 0) is 76.6 Å². The molecular formula is C47H64. The summed E-state index contributed by atoms with van der Waals surface area (Å²) in [4.78, 5) is 0. The van der Waals surface area contributed by atoms with Crippen molar-refractivity contribution >= 4 is 0 Å². The molecule has 2 unspecified atom stereocenters. The Labute approximate surface area is 289 Å². The van der Waals surface area contributed by atoms with Gasteiger partial charge in [0.15, 0.2) is 0 Å². The fraction of sp³-hybridized carbons (Fsp3) is 0.489. The van der Waals surface area contributed by atoms with E-state index in [1.807, 2.05) is 0 Å². The normalized spacial score (nSPS) is 12.7. The first-order valence-corrected chi connectivity index (χ1v) is 19.4. The number of hydrogen-bond donors (Lipinski definition) is 0. The lowest BCUT2D eigenvalue weighted by atomic mass is 9.86. The maximum atomic E-state index is 2.53. The summed E-state index contributed by atoms with van der Waals surface area (Å²) in [5, 5.41) is 0. The van der Waals surface area contributed by atoms with Crippen LogP contribution in [0.4, 0.5) is 0 Å². The summed E-state index contributed by atoms with van der Waals surface area (Å²) in [5.74, 6) is 0.780. The Morgan fingerprint density at radius 3 is 1.09 bits per heavy atom. The summed E-state index contributed by atoms with van der Waals surface area (Å²) < 4.78 is 0. The highest BCUT2D eigenvalue weighted by Gasteiger charge is 2.14. The third-order valence-corrected chi connectivity index (χ3v) is 10.3. The lowest BCUT2D eigenvalue weighted by Gasteiger charge is -2.18. The zero-order chi connectivity index (χ0) is 33.1. The molecule has 2 atom stereocenters. The average Bonchev–Trinajstić information content (AvgIpc) is 3.10. The molecular weight excluding hydrogens is 565 g/mol. The molecule has 0 fully saturated rings. The molecule has 0 aliphatic carbocycles. The average molecular weight is 629 g/mol. The van der Waals surface area contributed by atoms with E-state index >= 15 is 0 Å². The smallest absolute Gasteiger partial charge is 0.00612 e. The molecule has 0 radical (unpaired) electrons. The fourth-order valence-electron chi connectivity index (χ4n) is 7.25. The van der Waals surface area contributed by atoms with Crippen LogP contribution in [0.3, 0.4) is 0 Å². The van der Waals surface area contributed by atoms with Crippen LogP contribution in [0, 0.1) is 0 Å².